The van der Waals surface area contributed by atoms with Crippen molar-refractivity contribution in [1.29, 1.82) is 0 Å². The molecule has 17 heavy (non-hydrogen) atoms. The van der Waals surface area contributed by atoms with Crippen molar-refractivity contribution in [3.63, 3.8) is 0 Å². The van der Waals surface area contributed by atoms with Crippen LogP contribution >= 0.6 is 0 Å². The van der Waals surface area contributed by atoms with E-state index in [-0.39, 0.29) is 24.1 Å². The molecule has 0 heterocycles. The largest absolute Gasteiger partial charge is 0.380 e. The summed E-state index contributed by atoms with van der Waals surface area (Å²) in [6, 6.07) is 3.50. The van der Waals surface area contributed by atoms with E-state index in [2.05, 4.69) is 0 Å². The van der Waals surface area contributed by atoms with Crippen LogP contribution in [0, 0.1) is 17.6 Å². The van der Waals surface area contributed by atoms with Gasteiger partial charge in [0.2, 0.25) is 0 Å². The highest BCUT2D eigenvalue weighted by Crippen LogP contribution is 2.35. The molecule has 2 N–H and O–H groups in total. The van der Waals surface area contributed by atoms with Crippen molar-refractivity contribution in [2.45, 2.75) is 31.4 Å². The molecule has 1 aliphatic rings. The molecule has 2 rings (SSSR count). The van der Waals surface area contributed by atoms with Gasteiger partial charge in [-0.05, 0) is 37.3 Å². The first-order chi connectivity index (χ1) is 8.13. The molecule has 1 aliphatic carbocycles. The zero-order chi connectivity index (χ0) is 12.4. The van der Waals surface area contributed by atoms with Gasteiger partial charge in [-0.25, -0.2) is 8.78 Å². The van der Waals surface area contributed by atoms with Gasteiger partial charge in [-0.2, -0.15) is 0 Å². The topological polar surface area (TPSA) is 35.2 Å². The van der Waals surface area contributed by atoms with Crippen LogP contribution in [0.15, 0.2) is 18.2 Å². The quantitative estimate of drug-likeness (QED) is 0.858. The van der Waals surface area contributed by atoms with Crippen molar-refractivity contribution in [1.82, 2.24) is 0 Å². The van der Waals surface area contributed by atoms with Crippen LogP contribution in [0.1, 0.15) is 18.4 Å². The lowest BCUT2D eigenvalue weighted by Gasteiger charge is -2.22. The molecule has 1 aromatic rings. The number of benzene rings is 1. The third-order valence-electron chi connectivity index (χ3n) is 3.28. The predicted molar refractivity (Wildman–Crippen MR) is 61.6 cm³/mol. The first kappa shape index (κ1) is 12.5. The first-order valence-electron chi connectivity index (χ1n) is 5.84. The Balaban J connectivity index is 2.08. The minimum atomic E-state index is -0.536. The summed E-state index contributed by atoms with van der Waals surface area (Å²) in [5.74, 6) is -0.623. The van der Waals surface area contributed by atoms with Crippen LogP contribution < -0.4 is 5.73 Å². The molecule has 94 valence electrons. The van der Waals surface area contributed by atoms with Crippen LogP contribution in [-0.4, -0.2) is 19.3 Å². The number of methoxy groups -OCH3 is 1. The molecule has 2 unspecified atom stereocenters. The molecule has 1 saturated carbocycles. The lowest BCUT2D eigenvalue weighted by atomic mass is 9.98. The van der Waals surface area contributed by atoms with Gasteiger partial charge in [0.05, 0.1) is 6.10 Å². The molecule has 0 spiro atoms. The maximum Gasteiger partial charge on any atom is 0.129 e. The van der Waals surface area contributed by atoms with E-state index in [1.165, 1.54) is 18.2 Å². The minimum absolute atomic E-state index is 0.0581. The van der Waals surface area contributed by atoms with Gasteiger partial charge in [-0.15, -0.1) is 0 Å². The van der Waals surface area contributed by atoms with Gasteiger partial charge in [0.1, 0.15) is 11.6 Å². The average Bonchev–Trinajstić information content (AvgIpc) is 3.09. The molecule has 1 fully saturated rings. The number of ether oxygens (including phenoxy) is 1. The fraction of sp³-hybridized carbons (Fsp3) is 0.538. The van der Waals surface area contributed by atoms with Gasteiger partial charge >= 0.3 is 0 Å². The van der Waals surface area contributed by atoms with E-state index in [9.17, 15) is 8.78 Å². The molecule has 1 aromatic carbocycles. The Kier molecular flexibility index (Phi) is 3.74. The van der Waals surface area contributed by atoms with Crippen LogP contribution in [-0.2, 0) is 11.2 Å². The third kappa shape index (κ3) is 2.82. The van der Waals surface area contributed by atoms with E-state index in [1.807, 2.05) is 0 Å². The van der Waals surface area contributed by atoms with E-state index in [1.54, 1.807) is 7.11 Å². The van der Waals surface area contributed by atoms with Crippen LogP contribution in [0.5, 0.6) is 0 Å². The van der Waals surface area contributed by atoms with Crippen molar-refractivity contribution in [3.8, 4) is 0 Å². The number of hydrogen-bond acceptors (Lipinski definition) is 2. The van der Waals surface area contributed by atoms with Gasteiger partial charge in [-0.1, -0.05) is 6.07 Å². The van der Waals surface area contributed by atoms with Crippen molar-refractivity contribution in [3.05, 3.63) is 35.4 Å². The van der Waals surface area contributed by atoms with Crippen LogP contribution in [0.4, 0.5) is 8.78 Å². The molecule has 0 radical (unpaired) electrons. The summed E-state index contributed by atoms with van der Waals surface area (Å²) in [7, 11) is 1.60. The molecular formula is C13H17F2NO. The molecule has 0 amide bonds. The number of halogens is 2. The van der Waals surface area contributed by atoms with Gasteiger partial charge < -0.3 is 10.5 Å². The molecule has 0 saturated heterocycles. The monoisotopic (exact) mass is 241 g/mol. The molecule has 0 aromatic heterocycles. The second-order valence-corrected chi connectivity index (χ2v) is 4.61. The van der Waals surface area contributed by atoms with Crippen LogP contribution in [0.3, 0.4) is 0 Å². The zero-order valence-electron chi connectivity index (χ0n) is 9.83. The van der Waals surface area contributed by atoms with Crippen molar-refractivity contribution in [2.75, 3.05) is 7.11 Å². The second kappa shape index (κ2) is 5.10. The number of nitrogens with two attached hydrogens (primary N) is 1. The van der Waals surface area contributed by atoms with E-state index in [0.717, 1.165) is 12.8 Å². The Morgan fingerprint density at radius 2 is 1.94 bits per heavy atom. The number of rotatable bonds is 5. The number of hydrogen-bond donors (Lipinski definition) is 1. The normalized spacial score (nSPS) is 19.1. The molecule has 0 aliphatic heterocycles. The molecular weight excluding hydrogens is 224 g/mol. The maximum absolute atomic E-state index is 13.5. The summed E-state index contributed by atoms with van der Waals surface area (Å²) >= 11 is 0. The predicted octanol–water partition coefficient (Wildman–Crippen LogP) is 2.26. The maximum atomic E-state index is 13.5. The standard InChI is InChI=1S/C13H17F2NO/c1-17-13(8-5-6-8)12(16)7-9-10(14)3-2-4-11(9)15/h2-4,8,12-13H,5-7,16H2,1H3. The Bertz CT molecular complexity index is 373. The summed E-state index contributed by atoms with van der Waals surface area (Å²) < 4.78 is 32.2. The molecule has 0 bridgehead atoms. The average molecular weight is 241 g/mol. The van der Waals surface area contributed by atoms with Gasteiger partial charge in [0.25, 0.3) is 0 Å². The van der Waals surface area contributed by atoms with Crippen LogP contribution in [0.2, 0.25) is 0 Å². The van der Waals surface area contributed by atoms with Crippen LogP contribution in [0.25, 0.3) is 0 Å². The fourth-order valence-electron chi connectivity index (χ4n) is 2.22. The summed E-state index contributed by atoms with van der Waals surface area (Å²) in [4.78, 5) is 0. The lowest BCUT2D eigenvalue weighted by molar-refractivity contribution is 0.0622. The highest BCUT2D eigenvalue weighted by molar-refractivity contribution is 5.21. The van der Waals surface area contributed by atoms with Crippen molar-refractivity contribution in [2.24, 2.45) is 11.7 Å². The van der Waals surface area contributed by atoms with E-state index < -0.39 is 11.6 Å². The van der Waals surface area contributed by atoms with Crippen molar-refractivity contribution < 1.29 is 13.5 Å². The Labute approximate surface area is 99.8 Å². The summed E-state index contributed by atoms with van der Waals surface area (Å²) in [5, 5.41) is 0. The summed E-state index contributed by atoms with van der Waals surface area (Å²) in [5.41, 5.74) is 6.04. The summed E-state index contributed by atoms with van der Waals surface area (Å²) in [6.45, 7) is 0. The van der Waals surface area contributed by atoms with Gasteiger partial charge in [0.15, 0.2) is 0 Å². The highest BCUT2D eigenvalue weighted by Gasteiger charge is 2.35. The minimum Gasteiger partial charge on any atom is -0.380 e. The molecule has 2 atom stereocenters. The van der Waals surface area contributed by atoms with Gasteiger partial charge in [-0.3, -0.25) is 0 Å². The summed E-state index contributed by atoms with van der Waals surface area (Å²) in [6.07, 6.45) is 2.25. The van der Waals surface area contributed by atoms with Crippen molar-refractivity contribution >= 4 is 0 Å². The smallest absolute Gasteiger partial charge is 0.129 e. The molecule has 2 nitrogen and oxygen atoms in total. The van der Waals surface area contributed by atoms with Gasteiger partial charge in [0, 0.05) is 18.7 Å². The Hall–Kier alpha value is -1.00. The van der Waals surface area contributed by atoms with E-state index in [0.29, 0.717) is 5.92 Å². The SMILES string of the molecule is COC(C(N)Cc1c(F)cccc1F)C1CC1. The third-order valence-corrected chi connectivity index (χ3v) is 3.28. The first-order valence-corrected chi connectivity index (χ1v) is 5.84. The van der Waals surface area contributed by atoms with E-state index >= 15 is 0 Å². The molecule has 4 heteroatoms. The Morgan fingerprint density at radius 1 is 1.35 bits per heavy atom. The lowest BCUT2D eigenvalue weighted by Crippen LogP contribution is -2.39. The highest BCUT2D eigenvalue weighted by atomic mass is 19.1. The Morgan fingerprint density at radius 3 is 2.41 bits per heavy atom. The fourth-order valence-corrected chi connectivity index (χ4v) is 2.22. The zero-order valence-corrected chi connectivity index (χ0v) is 9.83. The second-order valence-electron chi connectivity index (χ2n) is 4.61. The van der Waals surface area contributed by atoms with E-state index in [4.69, 9.17) is 10.5 Å².